The van der Waals surface area contributed by atoms with Gasteiger partial charge in [-0.3, -0.25) is 18.7 Å². The molecule has 0 aliphatic carbocycles. The van der Waals surface area contributed by atoms with Crippen molar-refractivity contribution in [3.63, 3.8) is 0 Å². The SMILES string of the molecule is CC1=NN(c2ccc(S(=O)(=O)O)cc2)C(=O)\C1=C/C=C(/C=C/C1C(=O)N(c2ccc(S(=O)(=O)O)cc2)N=C1C)c1ccccc1. The second kappa shape index (κ2) is 12.2. The van der Waals surface area contributed by atoms with Crippen LogP contribution in [0, 0.1) is 5.92 Å². The number of carbonyl (C=O) groups is 2. The maximum absolute atomic E-state index is 13.3. The Labute approximate surface area is 259 Å². The number of hydrogen-bond donors (Lipinski definition) is 2. The van der Waals surface area contributed by atoms with Crippen LogP contribution in [0.1, 0.15) is 19.4 Å². The number of hydrazone groups is 2. The van der Waals surface area contributed by atoms with Gasteiger partial charge in [-0.2, -0.15) is 37.1 Å². The largest absolute Gasteiger partial charge is 0.294 e. The average Bonchev–Trinajstić information content (AvgIpc) is 3.45. The van der Waals surface area contributed by atoms with Crippen molar-refractivity contribution in [1.29, 1.82) is 0 Å². The number of rotatable bonds is 8. The van der Waals surface area contributed by atoms with Crippen molar-refractivity contribution in [3.8, 4) is 0 Å². The lowest BCUT2D eigenvalue weighted by Crippen LogP contribution is -2.25. The number of hydrogen-bond acceptors (Lipinski definition) is 8. The fourth-order valence-corrected chi connectivity index (χ4v) is 5.60. The van der Waals surface area contributed by atoms with Gasteiger partial charge < -0.3 is 0 Å². The third kappa shape index (κ3) is 6.73. The van der Waals surface area contributed by atoms with E-state index in [9.17, 15) is 35.5 Å². The third-order valence-corrected chi connectivity index (χ3v) is 8.74. The van der Waals surface area contributed by atoms with Gasteiger partial charge in [0.1, 0.15) is 0 Å². The molecule has 12 nitrogen and oxygen atoms in total. The van der Waals surface area contributed by atoms with E-state index in [1.807, 2.05) is 30.3 Å². The Kier molecular flexibility index (Phi) is 8.49. The highest BCUT2D eigenvalue weighted by Crippen LogP contribution is 2.28. The maximum atomic E-state index is 13.3. The molecular formula is C31H26N4O8S2. The first-order valence-electron chi connectivity index (χ1n) is 13.3. The molecule has 0 bridgehead atoms. The average molecular weight is 647 g/mol. The fraction of sp³-hybridized carbons (Fsp3) is 0.0968. The maximum Gasteiger partial charge on any atom is 0.294 e. The summed E-state index contributed by atoms with van der Waals surface area (Å²) in [6, 6.07) is 19.5. The molecule has 0 radical (unpaired) electrons. The smallest absolute Gasteiger partial charge is 0.282 e. The number of benzene rings is 3. The Morgan fingerprint density at radius 2 is 1.29 bits per heavy atom. The topological polar surface area (TPSA) is 174 Å². The molecule has 45 heavy (non-hydrogen) atoms. The summed E-state index contributed by atoms with van der Waals surface area (Å²) in [5.41, 5.74) is 3.36. The highest BCUT2D eigenvalue weighted by Gasteiger charge is 2.33. The van der Waals surface area contributed by atoms with Gasteiger partial charge in [-0.25, -0.2) is 0 Å². The molecule has 2 amide bonds. The van der Waals surface area contributed by atoms with Crippen molar-refractivity contribution in [2.75, 3.05) is 10.0 Å². The zero-order chi connectivity index (χ0) is 32.5. The lowest BCUT2D eigenvalue weighted by Gasteiger charge is -2.13. The minimum atomic E-state index is -4.39. The summed E-state index contributed by atoms with van der Waals surface area (Å²) < 4.78 is 63.9. The first kappa shape index (κ1) is 31.4. The molecule has 1 atom stereocenters. The van der Waals surface area contributed by atoms with Crippen LogP contribution in [-0.4, -0.2) is 49.2 Å². The molecule has 5 rings (SSSR count). The van der Waals surface area contributed by atoms with Gasteiger partial charge in [-0.05, 0) is 79.6 Å². The molecule has 0 spiro atoms. The van der Waals surface area contributed by atoms with Crippen LogP contribution in [0.2, 0.25) is 0 Å². The lowest BCUT2D eigenvalue weighted by atomic mass is 9.99. The van der Waals surface area contributed by atoms with E-state index < -0.39 is 32.1 Å². The number of anilines is 2. The van der Waals surface area contributed by atoms with Gasteiger partial charge in [0, 0.05) is 0 Å². The highest BCUT2D eigenvalue weighted by atomic mass is 32.2. The monoisotopic (exact) mass is 646 g/mol. The summed E-state index contributed by atoms with van der Waals surface area (Å²) in [6.07, 6.45) is 6.77. The predicted molar refractivity (Wildman–Crippen MR) is 169 cm³/mol. The van der Waals surface area contributed by atoms with Gasteiger partial charge in [-0.15, -0.1) is 0 Å². The van der Waals surface area contributed by atoms with E-state index >= 15 is 0 Å². The van der Waals surface area contributed by atoms with E-state index in [0.717, 1.165) is 10.6 Å². The molecule has 3 aromatic rings. The Bertz CT molecular complexity index is 2050. The van der Waals surface area contributed by atoms with E-state index in [1.54, 1.807) is 38.2 Å². The fourth-order valence-electron chi connectivity index (χ4n) is 4.64. The third-order valence-electron chi connectivity index (χ3n) is 7.01. The molecule has 1 unspecified atom stereocenters. The molecule has 0 saturated heterocycles. The van der Waals surface area contributed by atoms with Gasteiger partial charge >= 0.3 is 0 Å². The molecule has 3 aromatic carbocycles. The minimum Gasteiger partial charge on any atom is -0.282 e. The van der Waals surface area contributed by atoms with Gasteiger partial charge in [-0.1, -0.05) is 48.6 Å². The summed E-state index contributed by atoms with van der Waals surface area (Å²) in [5, 5.41) is 11.0. The molecule has 230 valence electrons. The first-order chi connectivity index (χ1) is 21.2. The molecule has 2 N–H and O–H groups in total. The summed E-state index contributed by atoms with van der Waals surface area (Å²) in [4.78, 5) is 25.9. The highest BCUT2D eigenvalue weighted by molar-refractivity contribution is 7.86. The molecule has 2 aliphatic heterocycles. The van der Waals surface area contributed by atoms with Crippen LogP contribution >= 0.6 is 0 Å². The van der Waals surface area contributed by atoms with E-state index in [0.29, 0.717) is 33.9 Å². The number of nitrogens with zero attached hydrogens (tertiary/aromatic N) is 4. The summed E-state index contributed by atoms with van der Waals surface area (Å²) in [5.74, 6) is -1.52. The van der Waals surface area contributed by atoms with Gasteiger partial charge in [0.15, 0.2) is 0 Å². The summed E-state index contributed by atoms with van der Waals surface area (Å²) in [6.45, 7) is 3.36. The van der Waals surface area contributed by atoms with Gasteiger partial charge in [0.2, 0.25) is 0 Å². The van der Waals surface area contributed by atoms with Crippen LogP contribution in [0.5, 0.6) is 0 Å². The summed E-state index contributed by atoms with van der Waals surface area (Å²) in [7, 11) is -8.78. The molecule has 14 heteroatoms. The molecule has 0 aromatic heterocycles. The molecular weight excluding hydrogens is 620 g/mol. The zero-order valence-corrected chi connectivity index (χ0v) is 25.5. The lowest BCUT2D eigenvalue weighted by molar-refractivity contribution is -0.118. The molecule has 2 aliphatic rings. The predicted octanol–water partition coefficient (Wildman–Crippen LogP) is 4.51. The van der Waals surface area contributed by atoms with Crippen LogP contribution in [0.15, 0.2) is 129 Å². The minimum absolute atomic E-state index is 0.296. The molecule has 2 heterocycles. The van der Waals surface area contributed by atoms with Crippen LogP contribution in [0.4, 0.5) is 11.4 Å². The van der Waals surface area contributed by atoms with E-state index in [1.165, 1.54) is 53.5 Å². The standard InChI is InChI=1S/C31H26N4O8S2/c1-20-28(30(36)34(32-20)24-10-14-26(15-11-24)44(38,39)40)18-8-23(22-6-4-3-5-7-22)9-19-29-21(2)33-35(31(29)37)25-12-16-27(17-13-25)45(41,42)43/h3-19,28H,1-2H3,(H,38,39,40)(H,41,42,43)/b18-8+,23-9-,29-19-. The van der Waals surface area contributed by atoms with Crippen LogP contribution in [0.3, 0.4) is 0 Å². The number of allylic oxidation sites excluding steroid dienone is 4. The van der Waals surface area contributed by atoms with Crippen molar-refractivity contribution >= 4 is 60.4 Å². The van der Waals surface area contributed by atoms with Crippen molar-refractivity contribution in [2.45, 2.75) is 23.6 Å². The van der Waals surface area contributed by atoms with E-state index in [2.05, 4.69) is 10.2 Å². The second-order valence-electron chi connectivity index (χ2n) is 10.0. The number of amides is 2. The van der Waals surface area contributed by atoms with Gasteiger partial charge in [0.05, 0.1) is 44.1 Å². The molecule has 0 saturated carbocycles. The zero-order valence-electron chi connectivity index (χ0n) is 23.8. The Morgan fingerprint density at radius 3 is 1.82 bits per heavy atom. The van der Waals surface area contributed by atoms with Gasteiger partial charge in [0.25, 0.3) is 32.1 Å². The van der Waals surface area contributed by atoms with Crippen molar-refractivity contribution in [1.82, 2.24) is 0 Å². The first-order valence-corrected chi connectivity index (χ1v) is 16.2. The van der Waals surface area contributed by atoms with E-state index in [-0.39, 0.29) is 15.7 Å². The van der Waals surface area contributed by atoms with Crippen molar-refractivity contribution < 1.29 is 35.5 Å². The Hall–Kier alpha value is -5.02. The van der Waals surface area contributed by atoms with Crippen LogP contribution < -0.4 is 10.0 Å². The Balaban J connectivity index is 1.41. The quantitative estimate of drug-likeness (QED) is 0.204. The van der Waals surface area contributed by atoms with Crippen molar-refractivity contribution in [2.24, 2.45) is 16.1 Å². The number of carbonyl (C=O) groups excluding carboxylic acids is 2. The van der Waals surface area contributed by atoms with E-state index in [4.69, 9.17) is 0 Å². The summed E-state index contributed by atoms with van der Waals surface area (Å²) >= 11 is 0. The van der Waals surface area contributed by atoms with Crippen molar-refractivity contribution in [3.05, 3.63) is 114 Å². The normalized spacial score (nSPS) is 18.7. The van der Waals surface area contributed by atoms with Crippen LogP contribution in [-0.2, 0) is 29.8 Å². The Morgan fingerprint density at radius 1 is 0.756 bits per heavy atom. The molecule has 0 fully saturated rings. The second-order valence-corrected chi connectivity index (χ2v) is 12.9. The van der Waals surface area contributed by atoms with Crippen LogP contribution in [0.25, 0.3) is 5.57 Å².